The quantitative estimate of drug-likeness (QED) is 0.210. The molecule has 2 aromatic rings. The van der Waals surface area contributed by atoms with Crippen molar-refractivity contribution in [2.45, 2.75) is 65.5 Å². The Hall–Kier alpha value is -2.32. The monoisotopic (exact) mass is 484 g/mol. The molecule has 0 bridgehead atoms. The number of anilines is 1. The molecule has 1 aliphatic rings. The average Bonchev–Trinajstić information content (AvgIpc) is 2.73. The number of aromatic nitrogens is 2. The van der Waals surface area contributed by atoms with Crippen LogP contribution in [0.2, 0.25) is 0 Å². The minimum absolute atomic E-state index is 0. The topological polar surface area (TPSA) is 112 Å². The first-order valence-corrected chi connectivity index (χ1v) is 10.7. The molecule has 1 amide bonds. The Bertz CT molecular complexity index is 938. The summed E-state index contributed by atoms with van der Waals surface area (Å²) in [4.78, 5) is 21.7. The summed E-state index contributed by atoms with van der Waals surface area (Å²) < 4.78 is 0. The first-order valence-electron chi connectivity index (χ1n) is 10.7. The number of nitrogens with one attached hydrogen (secondary N) is 3. The first kappa shape index (κ1) is 27.7. The van der Waals surface area contributed by atoms with Crippen molar-refractivity contribution >= 4 is 53.3 Å². The Morgan fingerprint density at radius 1 is 1.19 bits per heavy atom. The molecule has 1 aliphatic carbocycles. The highest BCUT2D eigenvalue weighted by molar-refractivity contribution is 5.96. The standard InChI is InChI=1S/C22H32N6O2.2ClH/c1-13(2)12-23-22(29)21-25-17-10-9-14(3)11-16(17)20(27-21)26-19-8-6-5-7-18(19)24-15(4)28-30;;/h9-11,13,18-19,30H,5-8,12H2,1-4H3,(H,23,29)(H,24,28)(H,25,26,27);2*1H/t18-,19+;;/m1../s1. The molecule has 2 atom stereocenters. The van der Waals surface area contributed by atoms with E-state index in [-0.39, 0.29) is 48.6 Å². The van der Waals surface area contributed by atoms with E-state index in [4.69, 9.17) is 5.21 Å². The van der Waals surface area contributed by atoms with Crippen LogP contribution < -0.4 is 16.0 Å². The highest BCUT2D eigenvalue weighted by atomic mass is 35.5. The van der Waals surface area contributed by atoms with E-state index in [1.165, 1.54) is 0 Å². The molecule has 8 nitrogen and oxygen atoms in total. The van der Waals surface area contributed by atoms with Crippen LogP contribution in [-0.2, 0) is 0 Å². The van der Waals surface area contributed by atoms with Gasteiger partial charge in [-0.05, 0) is 44.7 Å². The fourth-order valence-electron chi connectivity index (χ4n) is 3.78. The van der Waals surface area contributed by atoms with Gasteiger partial charge in [0.1, 0.15) is 11.7 Å². The molecular weight excluding hydrogens is 451 g/mol. The predicted octanol–water partition coefficient (Wildman–Crippen LogP) is 4.29. The number of hydrogen-bond donors (Lipinski definition) is 4. The number of amidine groups is 1. The van der Waals surface area contributed by atoms with Crippen LogP contribution in [0.25, 0.3) is 10.9 Å². The largest absolute Gasteiger partial charge is 0.409 e. The minimum atomic E-state index is -0.268. The Labute approximate surface area is 201 Å². The molecule has 32 heavy (non-hydrogen) atoms. The van der Waals surface area contributed by atoms with Crippen molar-refractivity contribution in [3.05, 3.63) is 29.6 Å². The average molecular weight is 485 g/mol. The van der Waals surface area contributed by atoms with Crippen molar-refractivity contribution in [2.24, 2.45) is 11.1 Å². The van der Waals surface area contributed by atoms with E-state index in [0.717, 1.165) is 42.1 Å². The molecule has 0 unspecified atom stereocenters. The summed E-state index contributed by atoms with van der Waals surface area (Å²) in [6.45, 7) is 8.44. The number of hydrogen-bond acceptors (Lipinski definition) is 6. The highest BCUT2D eigenvalue weighted by Gasteiger charge is 2.27. The van der Waals surface area contributed by atoms with Crippen LogP contribution in [-0.4, -0.2) is 45.5 Å². The van der Waals surface area contributed by atoms with Gasteiger partial charge in [-0.2, -0.15) is 0 Å². The predicted molar refractivity (Wildman–Crippen MR) is 134 cm³/mol. The number of rotatable bonds is 6. The molecule has 1 aromatic carbocycles. The Morgan fingerprint density at radius 2 is 1.88 bits per heavy atom. The summed E-state index contributed by atoms with van der Waals surface area (Å²) in [5.74, 6) is 1.40. The zero-order valence-electron chi connectivity index (χ0n) is 19.0. The van der Waals surface area contributed by atoms with Crippen LogP contribution in [0.5, 0.6) is 0 Å². The molecule has 0 spiro atoms. The molecule has 10 heteroatoms. The molecule has 3 rings (SSSR count). The molecule has 0 radical (unpaired) electrons. The van der Waals surface area contributed by atoms with Gasteiger partial charge >= 0.3 is 0 Å². The Kier molecular flexibility index (Phi) is 11.0. The highest BCUT2D eigenvalue weighted by Crippen LogP contribution is 2.27. The van der Waals surface area contributed by atoms with Gasteiger partial charge in [0.25, 0.3) is 5.91 Å². The second kappa shape index (κ2) is 12.6. The van der Waals surface area contributed by atoms with E-state index in [1.54, 1.807) is 6.92 Å². The van der Waals surface area contributed by atoms with Crippen LogP contribution in [0.3, 0.4) is 0 Å². The lowest BCUT2D eigenvalue weighted by molar-refractivity contribution is 0.0939. The number of oxime groups is 1. The molecular formula is C22H34Cl2N6O2. The summed E-state index contributed by atoms with van der Waals surface area (Å²) in [6.07, 6.45) is 4.15. The summed E-state index contributed by atoms with van der Waals surface area (Å²) >= 11 is 0. The van der Waals surface area contributed by atoms with E-state index in [1.807, 2.05) is 39.0 Å². The van der Waals surface area contributed by atoms with Crippen LogP contribution in [0, 0.1) is 12.8 Å². The van der Waals surface area contributed by atoms with Gasteiger partial charge in [-0.25, -0.2) is 9.97 Å². The van der Waals surface area contributed by atoms with Crippen LogP contribution >= 0.6 is 24.8 Å². The lowest BCUT2D eigenvalue weighted by Crippen LogP contribution is -2.48. The molecule has 4 N–H and O–H groups in total. The number of aryl methyl sites for hydroxylation is 1. The van der Waals surface area contributed by atoms with E-state index >= 15 is 0 Å². The fourth-order valence-corrected chi connectivity index (χ4v) is 3.78. The zero-order chi connectivity index (χ0) is 21.7. The lowest BCUT2D eigenvalue weighted by Gasteiger charge is -2.33. The van der Waals surface area contributed by atoms with Gasteiger partial charge in [-0.15, -0.1) is 24.8 Å². The molecule has 0 aliphatic heterocycles. The van der Waals surface area contributed by atoms with Gasteiger partial charge in [0, 0.05) is 24.0 Å². The molecule has 1 saturated carbocycles. The zero-order valence-corrected chi connectivity index (χ0v) is 20.6. The van der Waals surface area contributed by atoms with Gasteiger partial charge in [-0.3, -0.25) is 4.79 Å². The van der Waals surface area contributed by atoms with Crippen LogP contribution in [0.1, 0.15) is 62.6 Å². The number of benzene rings is 1. The third-order valence-corrected chi connectivity index (χ3v) is 5.36. The second-order valence-electron chi connectivity index (χ2n) is 8.49. The van der Waals surface area contributed by atoms with Gasteiger partial charge < -0.3 is 21.2 Å². The van der Waals surface area contributed by atoms with E-state index in [0.29, 0.717) is 24.1 Å². The van der Waals surface area contributed by atoms with Gasteiger partial charge in [0.05, 0.1) is 5.52 Å². The third-order valence-electron chi connectivity index (χ3n) is 5.36. The minimum Gasteiger partial charge on any atom is -0.409 e. The summed E-state index contributed by atoms with van der Waals surface area (Å²) in [5.41, 5.74) is 1.84. The maximum Gasteiger partial charge on any atom is 0.289 e. The summed E-state index contributed by atoms with van der Waals surface area (Å²) in [7, 11) is 0. The van der Waals surface area contributed by atoms with Gasteiger partial charge in [-0.1, -0.05) is 43.5 Å². The van der Waals surface area contributed by atoms with Crippen molar-refractivity contribution in [1.29, 1.82) is 0 Å². The van der Waals surface area contributed by atoms with Gasteiger partial charge in [0.2, 0.25) is 5.82 Å². The molecule has 1 aromatic heterocycles. The molecule has 178 valence electrons. The van der Waals surface area contributed by atoms with Crippen molar-refractivity contribution in [3.8, 4) is 0 Å². The maximum absolute atomic E-state index is 12.6. The lowest BCUT2D eigenvalue weighted by atomic mass is 9.90. The number of carbonyl (C=O) groups excluding carboxylic acids is 1. The normalized spacial score (nSPS) is 18.5. The molecule has 0 saturated heterocycles. The number of amides is 1. The van der Waals surface area contributed by atoms with Crippen molar-refractivity contribution in [3.63, 3.8) is 0 Å². The smallest absolute Gasteiger partial charge is 0.289 e. The maximum atomic E-state index is 12.6. The fraction of sp³-hybridized carbons (Fsp3) is 0.545. The molecule has 1 heterocycles. The number of halogens is 2. The van der Waals surface area contributed by atoms with Crippen molar-refractivity contribution < 1.29 is 10.0 Å². The molecule has 1 fully saturated rings. The summed E-state index contributed by atoms with van der Waals surface area (Å²) in [5, 5.41) is 22.9. The van der Waals surface area contributed by atoms with Crippen molar-refractivity contribution in [1.82, 2.24) is 20.6 Å². The van der Waals surface area contributed by atoms with Crippen LogP contribution in [0.4, 0.5) is 5.82 Å². The van der Waals surface area contributed by atoms with Crippen LogP contribution in [0.15, 0.2) is 23.4 Å². The van der Waals surface area contributed by atoms with Crippen molar-refractivity contribution in [2.75, 3.05) is 11.9 Å². The van der Waals surface area contributed by atoms with E-state index in [2.05, 4.69) is 31.1 Å². The first-order chi connectivity index (χ1) is 14.4. The summed E-state index contributed by atoms with van der Waals surface area (Å²) in [6, 6.07) is 6.17. The Balaban J connectivity index is 0.00000256. The SMILES string of the molecule is C/C(=N\O)N[C@@H]1CCCC[C@@H]1Nc1nc(C(=O)NCC(C)C)nc2ccc(C)cc12.Cl.Cl. The third kappa shape index (κ3) is 7.10. The van der Waals surface area contributed by atoms with E-state index in [9.17, 15) is 4.79 Å². The number of fused-ring (bicyclic) bond motifs is 1. The van der Waals surface area contributed by atoms with E-state index < -0.39 is 0 Å². The Morgan fingerprint density at radius 3 is 2.53 bits per heavy atom. The number of carbonyl (C=O) groups is 1. The second-order valence-corrected chi connectivity index (χ2v) is 8.49. The number of nitrogens with zero attached hydrogens (tertiary/aromatic N) is 3. The van der Waals surface area contributed by atoms with Gasteiger partial charge in [0.15, 0.2) is 0 Å².